The highest BCUT2D eigenvalue weighted by atomic mass is 35.5. The average Bonchev–Trinajstić information content (AvgIpc) is 3.69. The van der Waals surface area contributed by atoms with Crippen LogP contribution in [0.1, 0.15) is 125 Å². The standard InChI is InChI=1S/C44H57ClN2O5/c1-24(2)35-31(49)22-44(39-47-46-37(52-39)25-9-11-27(45)12-10-25)20-15-29-28(36(35)44)13-14-33-42(29,7)18-16-32-41(5,6)34(17-19-43(32,33)8)51-38(50)30-21-26(23-48)40(30,3)4/h9-12,23-24,26,28-30,32-34H,13-22H2,1-8H3. The number of fused-ring (bicyclic) bond motifs is 7. The van der Waals surface area contributed by atoms with Gasteiger partial charge in [0.2, 0.25) is 11.8 Å². The Morgan fingerprint density at radius 2 is 1.62 bits per heavy atom. The Kier molecular flexibility index (Phi) is 8.42. The molecule has 0 amide bonds. The molecule has 0 radical (unpaired) electrons. The van der Waals surface area contributed by atoms with Crippen LogP contribution in [0.2, 0.25) is 5.02 Å². The molecule has 280 valence electrons. The van der Waals surface area contributed by atoms with Gasteiger partial charge in [-0.05, 0) is 139 Å². The number of hydrogen-bond acceptors (Lipinski definition) is 7. The molecule has 1 heterocycles. The smallest absolute Gasteiger partial charge is 0.309 e. The molecule has 0 bridgehead atoms. The summed E-state index contributed by atoms with van der Waals surface area (Å²) >= 11 is 6.17. The molecule has 6 aliphatic carbocycles. The Morgan fingerprint density at radius 1 is 0.904 bits per heavy atom. The van der Waals surface area contributed by atoms with Crippen molar-refractivity contribution in [2.45, 2.75) is 131 Å². The zero-order chi connectivity index (χ0) is 37.2. The van der Waals surface area contributed by atoms with Crippen molar-refractivity contribution in [1.82, 2.24) is 10.2 Å². The average molecular weight is 729 g/mol. The maximum Gasteiger partial charge on any atom is 0.309 e. The molecular formula is C44H57ClN2O5. The lowest BCUT2D eigenvalue weighted by Crippen LogP contribution is -2.63. The molecule has 5 saturated carbocycles. The third kappa shape index (κ3) is 4.98. The van der Waals surface area contributed by atoms with Gasteiger partial charge < -0.3 is 13.9 Å². The number of halogens is 1. The molecule has 6 aliphatic rings. The number of benzene rings is 1. The summed E-state index contributed by atoms with van der Waals surface area (Å²) in [6.45, 7) is 18.2. The largest absolute Gasteiger partial charge is 0.462 e. The normalized spacial score (nSPS) is 40.3. The van der Waals surface area contributed by atoms with Crippen LogP contribution in [0, 0.1) is 63.1 Å². The fraction of sp³-hybridized carbons (Fsp3) is 0.705. The fourth-order valence-corrected chi connectivity index (χ4v) is 13.8. The summed E-state index contributed by atoms with van der Waals surface area (Å²) in [5.41, 5.74) is 2.41. The molecule has 0 aliphatic heterocycles. The van der Waals surface area contributed by atoms with E-state index in [-0.39, 0.29) is 57.3 Å². The number of carbonyl (C=O) groups is 3. The van der Waals surface area contributed by atoms with Gasteiger partial charge in [-0.25, -0.2) is 0 Å². The Morgan fingerprint density at radius 3 is 2.29 bits per heavy atom. The molecule has 1 aromatic carbocycles. The van der Waals surface area contributed by atoms with E-state index in [1.807, 2.05) is 38.1 Å². The summed E-state index contributed by atoms with van der Waals surface area (Å²) in [6.07, 6.45) is 10.2. The Bertz CT molecular complexity index is 1820. The number of aldehydes is 1. The van der Waals surface area contributed by atoms with E-state index in [1.165, 1.54) is 5.57 Å². The first kappa shape index (κ1) is 36.2. The van der Waals surface area contributed by atoms with E-state index in [0.29, 0.717) is 53.3 Å². The van der Waals surface area contributed by atoms with Gasteiger partial charge in [-0.3, -0.25) is 9.59 Å². The molecule has 52 heavy (non-hydrogen) atoms. The van der Waals surface area contributed by atoms with Crippen molar-refractivity contribution >= 4 is 29.6 Å². The van der Waals surface area contributed by atoms with Crippen molar-refractivity contribution in [3.05, 3.63) is 46.3 Å². The van der Waals surface area contributed by atoms with E-state index < -0.39 is 5.41 Å². The molecule has 10 unspecified atom stereocenters. The maximum absolute atomic E-state index is 14.0. The number of carbonyl (C=O) groups excluding carboxylic acids is 3. The Hall–Kier alpha value is -2.80. The van der Waals surface area contributed by atoms with Crippen molar-refractivity contribution in [3.8, 4) is 11.5 Å². The summed E-state index contributed by atoms with van der Waals surface area (Å²) in [7, 11) is 0. The summed E-state index contributed by atoms with van der Waals surface area (Å²) in [5, 5.41) is 9.86. The quantitative estimate of drug-likeness (QED) is 0.216. The topological polar surface area (TPSA) is 99.4 Å². The molecule has 0 N–H and O–H groups in total. The second-order valence-corrected chi connectivity index (χ2v) is 20.1. The van der Waals surface area contributed by atoms with Crippen LogP contribution in [-0.4, -0.2) is 34.3 Å². The van der Waals surface area contributed by atoms with Gasteiger partial charge >= 0.3 is 5.97 Å². The summed E-state index contributed by atoms with van der Waals surface area (Å²) in [4.78, 5) is 39.2. The van der Waals surface area contributed by atoms with Crippen LogP contribution in [0.3, 0.4) is 0 Å². The first-order valence-corrected chi connectivity index (χ1v) is 20.4. The minimum atomic E-state index is -0.537. The molecule has 1 aromatic heterocycles. The predicted molar refractivity (Wildman–Crippen MR) is 200 cm³/mol. The highest BCUT2D eigenvalue weighted by Gasteiger charge is 2.67. The van der Waals surface area contributed by atoms with Crippen LogP contribution in [0.25, 0.3) is 11.5 Å². The third-order valence-electron chi connectivity index (χ3n) is 16.5. The predicted octanol–water partition coefficient (Wildman–Crippen LogP) is 10.0. The second kappa shape index (κ2) is 12.1. The number of aromatic nitrogens is 2. The van der Waals surface area contributed by atoms with E-state index in [0.717, 1.165) is 68.8 Å². The number of ether oxygens (including phenoxy) is 1. The first-order chi connectivity index (χ1) is 24.5. The summed E-state index contributed by atoms with van der Waals surface area (Å²) < 4.78 is 13.0. The number of rotatable bonds is 6. The number of allylic oxidation sites excluding steroid dienone is 2. The summed E-state index contributed by atoms with van der Waals surface area (Å²) in [5.74, 6) is 2.86. The van der Waals surface area contributed by atoms with Crippen LogP contribution in [-0.2, 0) is 24.5 Å². The molecular weight excluding hydrogens is 672 g/mol. The maximum atomic E-state index is 14.0. The Balaban J connectivity index is 1.07. The molecule has 0 saturated heterocycles. The number of ketones is 1. The molecule has 8 heteroatoms. The van der Waals surface area contributed by atoms with E-state index in [1.54, 1.807) is 0 Å². The minimum Gasteiger partial charge on any atom is -0.462 e. The van der Waals surface area contributed by atoms with Crippen LogP contribution in [0.15, 0.2) is 39.8 Å². The van der Waals surface area contributed by atoms with Gasteiger partial charge in [-0.15, -0.1) is 10.2 Å². The molecule has 2 aromatic rings. The third-order valence-corrected chi connectivity index (χ3v) is 16.8. The van der Waals surface area contributed by atoms with Crippen molar-refractivity contribution < 1.29 is 23.5 Å². The lowest BCUT2D eigenvalue weighted by Gasteiger charge is -2.68. The highest BCUT2D eigenvalue weighted by Crippen LogP contribution is 2.73. The highest BCUT2D eigenvalue weighted by molar-refractivity contribution is 6.30. The molecule has 5 fully saturated rings. The first-order valence-electron chi connectivity index (χ1n) is 20.0. The lowest BCUT2D eigenvalue weighted by atomic mass is 9.36. The lowest BCUT2D eigenvalue weighted by molar-refractivity contribution is -0.218. The van der Waals surface area contributed by atoms with Gasteiger partial charge in [0.1, 0.15) is 12.4 Å². The van der Waals surface area contributed by atoms with Crippen LogP contribution in [0.5, 0.6) is 0 Å². The number of nitrogens with zero attached hydrogens (tertiary/aromatic N) is 2. The summed E-state index contributed by atoms with van der Waals surface area (Å²) in [6, 6.07) is 7.48. The molecule has 0 spiro atoms. The molecule has 7 nitrogen and oxygen atoms in total. The van der Waals surface area contributed by atoms with Gasteiger partial charge in [0.05, 0.1) is 11.3 Å². The zero-order valence-corrected chi connectivity index (χ0v) is 33.1. The minimum absolute atomic E-state index is 0.0719. The van der Waals surface area contributed by atoms with Gasteiger partial charge in [-0.1, -0.05) is 67.0 Å². The van der Waals surface area contributed by atoms with Crippen molar-refractivity contribution in [3.63, 3.8) is 0 Å². The van der Waals surface area contributed by atoms with E-state index >= 15 is 0 Å². The monoisotopic (exact) mass is 728 g/mol. The SMILES string of the molecule is CC(C)C1=C2C3CCC4C(C)(CCC5C(C)(C)C(OC(=O)C6CC(C=O)C6(C)C)CCC54C)C3CCC2(c2nnc(-c3ccc(Cl)cc3)o2)CC1=O. The fourth-order valence-electron chi connectivity index (χ4n) is 13.7. The zero-order valence-electron chi connectivity index (χ0n) is 32.4. The van der Waals surface area contributed by atoms with Gasteiger partial charge in [0.15, 0.2) is 5.78 Å². The number of Topliss-reactive ketones (excluding diaryl/α,β-unsaturated/α-hetero) is 1. The van der Waals surface area contributed by atoms with E-state index in [2.05, 4.69) is 46.6 Å². The second-order valence-electron chi connectivity index (χ2n) is 19.7. The molecule has 10 atom stereocenters. The van der Waals surface area contributed by atoms with Crippen LogP contribution >= 0.6 is 11.6 Å². The van der Waals surface area contributed by atoms with E-state index in [4.69, 9.17) is 25.9 Å². The van der Waals surface area contributed by atoms with Crippen LogP contribution < -0.4 is 0 Å². The molecule has 8 rings (SSSR count). The van der Waals surface area contributed by atoms with Crippen LogP contribution in [0.4, 0.5) is 0 Å². The van der Waals surface area contributed by atoms with Crippen molar-refractivity contribution in [2.75, 3.05) is 0 Å². The van der Waals surface area contributed by atoms with Crippen molar-refractivity contribution in [2.24, 2.45) is 63.1 Å². The van der Waals surface area contributed by atoms with E-state index in [9.17, 15) is 14.4 Å². The van der Waals surface area contributed by atoms with Gasteiger partial charge in [0.25, 0.3) is 0 Å². The number of hydrogen-bond donors (Lipinski definition) is 0. The van der Waals surface area contributed by atoms with Crippen molar-refractivity contribution in [1.29, 1.82) is 0 Å². The number of esters is 1. The van der Waals surface area contributed by atoms with Gasteiger partial charge in [-0.2, -0.15) is 0 Å². The Labute approximate surface area is 314 Å². The van der Waals surface area contributed by atoms with Gasteiger partial charge in [0, 0.05) is 28.3 Å².